The number of ether oxygens (including phenoxy) is 1. The highest BCUT2D eigenvalue weighted by Gasteiger charge is 2.28. The second kappa shape index (κ2) is 6.23. The molecule has 1 unspecified atom stereocenters. The lowest BCUT2D eigenvalue weighted by Crippen LogP contribution is -2.42. The smallest absolute Gasteiger partial charge is 0.410 e. The molecule has 1 amide bonds. The van der Waals surface area contributed by atoms with Crippen LogP contribution < -0.4 is 0 Å². The molecule has 2 aromatic rings. The van der Waals surface area contributed by atoms with Crippen LogP contribution in [-0.4, -0.2) is 29.7 Å². The molecule has 2 aromatic carbocycles. The van der Waals surface area contributed by atoms with Gasteiger partial charge in [-0.15, -0.1) is 0 Å². The average Bonchev–Trinajstić information content (AvgIpc) is 2.53. The molecule has 1 atom stereocenters. The Hall–Kier alpha value is -2.03. The zero-order valence-corrected chi connectivity index (χ0v) is 14.2. The van der Waals surface area contributed by atoms with Crippen molar-refractivity contribution < 1.29 is 9.53 Å². The minimum absolute atomic E-state index is 0.192. The summed E-state index contributed by atoms with van der Waals surface area (Å²) in [6, 6.07) is 14.9. The molecule has 23 heavy (non-hydrogen) atoms. The molecule has 3 nitrogen and oxygen atoms in total. The van der Waals surface area contributed by atoms with Gasteiger partial charge in [0.2, 0.25) is 0 Å². The van der Waals surface area contributed by atoms with Crippen LogP contribution in [0.2, 0.25) is 0 Å². The first-order valence-corrected chi connectivity index (χ1v) is 8.39. The minimum atomic E-state index is -0.441. The maximum absolute atomic E-state index is 12.4. The quantitative estimate of drug-likeness (QED) is 0.745. The third-order valence-electron chi connectivity index (χ3n) is 4.34. The lowest BCUT2D eigenvalue weighted by atomic mass is 9.87. The van der Waals surface area contributed by atoms with Gasteiger partial charge >= 0.3 is 6.09 Å². The summed E-state index contributed by atoms with van der Waals surface area (Å²) in [5, 5.41) is 2.56. The summed E-state index contributed by atoms with van der Waals surface area (Å²) in [4.78, 5) is 14.2. The van der Waals surface area contributed by atoms with Crippen molar-refractivity contribution in [2.75, 3.05) is 13.1 Å². The SMILES string of the molecule is CC(C)(C)OC(=O)N1CCCC(c2cccc3ccccc23)C1. The van der Waals surface area contributed by atoms with E-state index in [-0.39, 0.29) is 6.09 Å². The van der Waals surface area contributed by atoms with E-state index in [9.17, 15) is 4.79 Å². The molecule has 0 bridgehead atoms. The van der Waals surface area contributed by atoms with E-state index in [4.69, 9.17) is 4.74 Å². The summed E-state index contributed by atoms with van der Waals surface area (Å²) in [7, 11) is 0. The molecule has 0 saturated carbocycles. The van der Waals surface area contributed by atoms with Crippen LogP contribution >= 0.6 is 0 Å². The van der Waals surface area contributed by atoms with Crippen molar-refractivity contribution >= 4 is 16.9 Å². The molecule has 1 fully saturated rings. The molecular weight excluding hydrogens is 286 g/mol. The maximum atomic E-state index is 12.4. The number of hydrogen-bond acceptors (Lipinski definition) is 2. The first kappa shape index (κ1) is 15.9. The van der Waals surface area contributed by atoms with Crippen molar-refractivity contribution in [2.24, 2.45) is 0 Å². The van der Waals surface area contributed by atoms with Gasteiger partial charge in [0.15, 0.2) is 0 Å². The summed E-state index contributed by atoms with van der Waals surface area (Å²) in [6.45, 7) is 7.27. The zero-order valence-electron chi connectivity index (χ0n) is 14.2. The molecule has 3 heteroatoms. The van der Waals surface area contributed by atoms with Gasteiger partial charge in [-0.25, -0.2) is 4.79 Å². The molecule has 122 valence electrons. The number of hydrogen-bond donors (Lipinski definition) is 0. The molecule has 0 aromatic heterocycles. The molecule has 3 rings (SSSR count). The first-order valence-electron chi connectivity index (χ1n) is 8.39. The Labute approximate surface area is 138 Å². The molecule has 0 spiro atoms. The standard InChI is InChI=1S/C20H25NO2/c1-20(2,3)23-19(22)21-13-7-10-16(14-21)18-12-6-9-15-8-4-5-11-17(15)18/h4-6,8-9,11-12,16H,7,10,13-14H2,1-3H3. The van der Waals surface area contributed by atoms with Crippen LogP contribution in [0.5, 0.6) is 0 Å². The van der Waals surface area contributed by atoms with E-state index >= 15 is 0 Å². The lowest BCUT2D eigenvalue weighted by Gasteiger charge is -2.34. The molecular formula is C20H25NO2. The number of carbonyl (C=O) groups is 1. The summed E-state index contributed by atoms with van der Waals surface area (Å²) in [5.41, 5.74) is 0.903. The minimum Gasteiger partial charge on any atom is -0.444 e. The van der Waals surface area contributed by atoms with Crippen LogP contribution in [0.1, 0.15) is 45.1 Å². The predicted octanol–water partition coefficient (Wildman–Crippen LogP) is 4.95. The molecule has 0 N–H and O–H groups in total. The Morgan fingerprint density at radius 2 is 1.87 bits per heavy atom. The normalized spacial score (nSPS) is 18.9. The Morgan fingerprint density at radius 1 is 1.13 bits per heavy atom. The molecule has 0 radical (unpaired) electrons. The van der Waals surface area contributed by atoms with Crippen molar-refractivity contribution in [3.05, 3.63) is 48.0 Å². The maximum Gasteiger partial charge on any atom is 0.410 e. The zero-order chi connectivity index (χ0) is 16.4. The highest BCUT2D eigenvalue weighted by molar-refractivity contribution is 5.86. The summed E-state index contributed by atoms with van der Waals surface area (Å²) < 4.78 is 5.54. The van der Waals surface area contributed by atoms with Crippen molar-refractivity contribution in [3.8, 4) is 0 Å². The van der Waals surface area contributed by atoms with Gasteiger partial charge in [0.1, 0.15) is 5.60 Å². The Bertz CT molecular complexity index is 697. The van der Waals surface area contributed by atoms with Crippen molar-refractivity contribution in [2.45, 2.75) is 45.1 Å². The fourth-order valence-corrected chi connectivity index (χ4v) is 3.33. The van der Waals surface area contributed by atoms with Gasteiger partial charge in [0.25, 0.3) is 0 Å². The molecule has 1 aliphatic heterocycles. The number of fused-ring (bicyclic) bond motifs is 1. The topological polar surface area (TPSA) is 29.5 Å². The van der Waals surface area contributed by atoms with E-state index in [1.807, 2.05) is 25.7 Å². The highest BCUT2D eigenvalue weighted by atomic mass is 16.6. The first-order chi connectivity index (χ1) is 10.9. The average molecular weight is 311 g/mol. The van der Waals surface area contributed by atoms with Gasteiger partial charge in [0, 0.05) is 19.0 Å². The van der Waals surface area contributed by atoms with Crippen LogP contribution in [0.3, 0.4) is 0 Å². The molecule has 0 aliphatic carbocycles. The van der Waals surface area contributed by atoms with Crippen molar-refractivity contribution in [1.29, 1.82) is 0 Å². The van der Waals surface area contributed by atoms with E-state index in [0.29, 0.717) is 5.92 Å². The molecule has 1 aliphatic rings. The third kappa shape index (κ3) is 3.66. The number of amides is 1. The molecule has 1 heterocycles. The van der Waals surface area contributed by atoms with Crippen LogP contribution in [0, 0.1) is 0 Å². The summed E-state index contributed by atoms with van der Waals surface area (Å²) in [6.07, 6.45) is 1.95. The van der Waals surface area contributed by atoms with Gasteiger partial charge in [0.05, 0.1) is 0 Å². The van der Waals surface area contributed by atoms with Gasteiger partial charge in [-0.1, -0.05) is 42.5 Å². The number of benzene rings is 2. The Morgan fingerprint density at radius 3 is 2.65 bits per heavy atom. The number of nitrogens with zero attached hydrogens (tertiary/aromatic N) is 1. The Balaban J connectivity index is 1.82. The predicted molar refractivity (Wildman–Crippen MR) is 93.7 cm³/mol. The van der Waals surface area contributed by atoms with Gasteiger partial charge in [-0.2, -0.15) is 0 Å². The highest BCUT2D eigenvalue weighted by Crippen LogP contribution is 2.32. The second-order valence-electron chi connectivity index (χ2n) is 7.33. The number of piperidine rings is 1. The van der Waals surface area contributed by atoms with Crippen LogP contribution in [0.25, 0.3) is 10.8 Å². The fourth-order valence-electron chi connectivity index (χ4n) is 3.33. The van der Waals surface area contributed by atoms with Crippen molar-refractivity contribution in [3.63, 3.8) is 0 Å². The summed E-state index contributed by atoms with van der Waals surface area (Å²) in [5.74, 6) is 0.377. The Kier molecular flexibility index (Phi) is 4.29. The van der Waals surface area contributed by atoms with Gasteiger partial charge in [-0.3, -0.25) is 0 Å². The number of rotatable bonds is 1. The van der Waals surface area contributed by atoms with Gasteiger partial charge in [-0.05, 0) is 49.9 Å². The monoisotopic (exact) mass is 311 g/mol. The molecule has 1 saturated heterocycles. The summed E-state index contributed by atoms with van der Waals surface area (Å²) >= 11 is 0. The van der Waals surface area contributed by atoms with E-state index < -0.39 is 5.60 Å². The van der Waals surface area contributed by atoms with E-state index in [1.165, 1.54) is 16.3 Å². The van der Waals surface area contributed by atoms with E-state index in [1.54, 1.807) is 0 Å². The number of likely N-dealkylation sites (tertiary alicyclic amines) is 1. The fraction of sp³-hybridized carbons (Fsp3) is 0.450. The largest absolute Gasteiger partial charge is 0.444 e. The van der Waals surface area contributed by atoms with Gasteiger partial charge < -0.3 is 9.64 Å². The van der Waals surface area contributed by atoms with Crippen LogP contribution in [-0.2, 0) is 4.74 Å². The second-order valence-corrected chi connectivity index (χ2v) is 7.33. The van der Waals surface area contributed by atoms with E-state index in [2.05, 4.69) is 42.5 Å². The van der Waals surface area contributed by atoms with E-state index in [0.717, 1.165) is 25.9 Å². The van der Waals surface area contributed by atoms with Crippen molar-refractivity contribution in [1.82, 2.24) is 4.90 Å². The lowest BCUT2D eigenvalue weighted by molar-refractivity contribution is 0.0198. The van der Waals surface area contributed by atoms with Crippen LogP contribution in [0.4, 0.5) is 4.79 Å². The third-order valence-corrected chi connectivity index (χ3v) is 4.34. The number of carbonyl (C=O) groups excluding carboxylic acids is 1. The van der Waals surface area contributed by atoms with Crippen LogP contribution in [0.15, 0.2) is 42.5 Å².